The summed E-state index contributed by atoms with van der Waals surface area (Å²) in [5, 5.41) is 7.12. The summed E-state index contributed by atoms with van der Waals surface area (Å²) in [5.41, 5.74) is 1.98. The van der Waals surface area contributed by atoms with Gasteiger partial charge in [0.1, 0.15) is 0 Å². The molecule has 1 heterocycles. The molecule has 1 aromatic heterocycles. The third-order valence-electron chi connectivity index (χ3n) is 3.17. The first-order valence-electron chi connectivity index (χ1n) is 6.81. The molecule has 0 aliphatic rings. The van der Waals surface area contributed by atoms with E-state index in [1.807, 2.05) is 29.8 Å². The van der Waals surface area contributed by atoms with E-state index in [4.69, 9.17) is 0 Å². The first kappa shape index (κ1) is 16.2. The van der Waals surface area contributed by atoms with Gasteiger partial charge >= 0.3 is 0 Å². The zero-order valence-corrected chi connectivity index (χ0v) is 13.9. The molecule has 1 aromatic carbocycles. The van der Waals surface area contributed by atoms with Gasteiger partial charge in [0.05, 0.1) is 4.90 Å². The lowest BCUT2D eigenvalue weighted by Crippen LogP contribution is -2.26. The maximum atomic E-state index is 12.6. The van der Waals surface area contributed by atoms with Gasteiger partial charge in [-0.05, 0) is 46.6 Å². The van der Waals surface area contributed by atoms with Gasteiger partial charge in [-0.25, -0.2) is 8.42 Å². The quantitative estimate of drug-likeness (QED) is 0.852. The number of thiophene rings is 1. The summed E-state index contributed by atoms with van der Waals surface area (Å²) in [6.07, 6.45) is 0. The standard InChI is InChI=1S/C15H20N2O2S2/c1-3-16-10-13-5-4-6-15(9-13)21(18,19)17(2)11-14-7-8-20-12-14/h4-9,12,16H,3,10-11H2,1-2H3. The largest absolute Gasteiger partial charge is 0.313 e. The van der Waals surface area contributed by atoms with Crippen molar-refractivity contribution in [1.82, 2.24) is 9.62 Å². The van der Waals surface area contributed by atoms with Crippen molar-refractivity contribution in [3.8, 4) is 0 Å². The van der Waals surface area contributed by atoms with Gasteiger partial charge in [-0.2, -0.15) is 15.6 Å². The highest BCUT2D eigenvalue weighted by Crippen LogP contribution is 2.19. The molecule has 0 fully saturated rings. The van der Waals surface area contributed by atoms with E-state index < -0.39 is 10.0 Å². The third kappa shape index (κ3) is 4.14. The maximum Gasteiger partial charge on any atom is 0.243 e. The first-order valence-corrected chi connectivity index (χ1v) is 9.19. The van der Waals surface area contributed by atoms with Crippen molar-refractivity contribution in [2.45, 2.75) is 24.9 Å². The van der Waals surface area contributed by atoms with E-state index in [9.17, 15) is 8.42 Å². The van der Waals surface area contributed by atoms with Crippen LogP contribution in [0.4, 0.5) is 0 Å². The number of hydrogen-bond acceptors (Lipinski definition) is 4. The highest BCUT2D eigenvalue weighted by atomic mass is 32.2. The molecule has 0 spiro atoms. The van der Waals surface area contributed by atoms with Gasteiger partial charge in [-0.15, -0.1) is 0 Å². The van der Waals surface area contributed by atoms with Crippen LogP contribution in [0.25, 0.3) is 0 Å². The normalized spacial score (nSPS) is 12.0. The molecular weight excluding hydrogens is 304 g/mol. The molecule has 114 valence electrons. The summed E-state index contributed by atoms with van der Waals surface area (Å²) in [4.78, 5) is 0.343. The Bertz CT molecular complexity index is 667. The molecule has 2 aromatic rings. The molecular formula is C15H20N2O2S2. The number of nitrogens with one attached hydrogen (secondary N) is 1. The van der Waals surface area contributed by atoms with E-state index in [-0.39, 0.29) is 0 Å². The van der Waals surface area contributed by atoms with Crippen LogP contribution in [0.15, 0.2) is 46.0 Å². The lowest BCUT2D eigenvalue weighted by Gasteiger charge is -2.17. The minimum absolute atomic E-state index is 0.343. The van der Waals surface area contributed by atoms with Crippen molar-refractivity contribution < 1.29 is 8.42 Å². The molecule has 1 N–H and O–H groups in total. The van der Waals surface area contributed by atoms with Crippen LogP contribution in [0.1, 0.15) is 18.1 Å². The topological polar surface area (TPSA) is 49.4 Å². The first-order chi connectivity index (χ1) is 10.0. The summed E-state index contributed by atoms with van der Waals surface area (Å²) >= 11 is 1.57. The fraction of sp³-hybridized carbons (Fsp3) is 0.333. The Kier molecular flexibility index (Phi) is 5.52. The predicted molar refractivity (Wildman–Crippen MR) is 86.8 cm³/mol. The van der Waals surface area contributed by atoms with Crippen molar-refractivity contribution in [3.63, 3.8) is 0 Å². The molecule has 0 unspecified atom stereocenters. The molecule has 0 atom stereocenters. The predicted octanol–water partition coefficient (Wildman–Crippen LogP) is 2.68. The average molecular weight is 324 g/mol. The van der Waals surface area contributed by atoms with Crippen LogP contribution in [0, 0.1) is 0 Å². The van der Waals surface area contributed by atoms with Gasteiger partial charge in [0.25, 0.3) is 0 Å². The summed E-state index contributed by atoms with van der Waals surface area (Å²) in [7, 11) is -1.84. The summed E-state index contributed by atoms with van der Waals surface area (Å²) in [6, 6.07) is 9.05. The van der Waals surface area contributed by atoms with E-state index in [2.05, 4.69) is 5.32 Å². The Morgan fingerprint density at radius 2 is 2.05 bits per heavy atom. The van der Waals surface area contributed by atoms with E-state index in [1.165, 1.54) is 4.31 Å². The fourth-order valence-corrected chi connectivity index (χ4v) is 3.88. The molecule has 0 amide bonds. The second-order valence-corrected chi connectivity index (χ2v) is 7.65. The maximum absolute atomic E-state index is 12.6. The zero-order chi connectivity index (χ0) is 15.3. The smallest absolute Gasteiger partial charge is 0.243 e. The third-order valence-corrected chi connectivity index (χ3v) is 5.70. The highest BCUT2D eigenvalue weighted by Gasteiger charge is 2.21. The van der Waals surface area contributed by atoms with Crippen molar-refractivity contribution in [2.24, 2.45) is 0 Å². The molecule has 0 bridgehead atoms. The Morgan fingerprint density at radius 1 is 1.24 bits per heavy atom. The van der Waals surface area contributed by atoms with Gasteiger partial charge in [-0.1, -0.05) is 19.1 Å². The summed E-state index contributed by atoms with van der Waals surface area (Å²) in [5.74, 6) is 0. The van der Waals surface area contributed by atoms with Gasteiger partial charge in [0, 0.05) is 20.1 Å². The second kappa shape index (κ2) is 7.17. The van der Waals surface area contributed by atoms with Crippen molar-refractivity contribution >= 4 is 21.4 Å². The molecule has 0 radical (unpaired) electrons. The number of rotatable bonds is 7. The van der Waals surface area contributed by atoms with Gasteiger partial charge < -0.3 is 5.32 Å². The number of benzene rings is 1. The highest BCUT2D eigenvalue weighted by molar-refractivity contribution is 7.89. The minimum Gasteiger partial charge on any atom is -0.313 e. The number of nitrogens with zero attached hydrogens (tertiary/aromatic N) is 1. The van der Waals surface area contributed by atoms with E-state index >= 15 is 0 Å². The Hall–Kier alpha value is -1.21. The monoisotopic (exact) mass is 324 g/mol. The van der Waals surface area contributed by atoms with Crippen LogP contribution in [0.3, 0.4) is 0 Å². The van der Waals surface area contributed by atoms with Crippen molar-refractivity contribution in [1.29, 1.82) is 0 Å². The fourth-order valence-electron chi connectivity index (χ4n) is 1.99. The lowest BCUT2D eigenvalue weighted by molar-refractivity contribution is 0.467. The van der Waals surface area contributed by atoms with Crippen LogP contribution >= 0.6 is 11.3 Å². The zero-order valence-electron chi connectivity index (χ0n) is 12.2. The average Bonchev–Trinajstić information content (AvgIpc) is 2.98. The van der Waals surface area contributed by atoms with Crippen LogP contribution < -0.4 is 5.32 Å². The van der Waals surface area contributed by atoms with Crippen LogP contribution in [-0.2, 0) is 23.1 Å². The number of hydrogen-bond donors (Lipinski definition) is 1. The molecule has 0 saturated heterocycles. The van der Waals surface area contributed by atoms with E-state index in [0.717, 1.165) is 17.7 Å². The number of sulfonamides is 1. The summed E-state index contributed by atoms with van der Waals surface area (Å²) < 4.78 is 26.6. The SMILES string of the molecule is CCNCc1cccc(S(=O)(=O)N(C)Cc2ccsc2)c1. The van der Waals surface area contributed by atoms with Crippen molar-refractivity contribution in [2.75, 3.05) is 13.6 Å². The molecule has 6 heteroatoms. The van der Waals surface area contributed by atoms with E-state index in [0.29, 0.717) is 18.0 Å². The van der Waals surface area contributed by atoms with Gasteiger partial charge in [0.15, 0.2) is 0 Å². The molecule has 0 aliphatic heterocycles. The van der Waals surface area contributed by atoms with Gasteiger partial charge in [0.2, 0.25) is 10.0 Å². The molecule has 2 rings (SSSR count). The van der Waals surface area contributed by atoms with Crippen LogP contribution in [-0.4, -0.2) is 26.3 Å². The molecule has 0 saturated carbocycles. The van der Waals surface area contributed by atoms with Crippen molar-refractivity contribution in [3.05, 3.63) is 52.2 Å². The van der Waals surface area contributed by atoms with Crippen LogP contribution in [0.2, 0.25) is 0 Å². The Labute approximate surface area is 130 Å². The molecule has 21 heavy (non-hydrogen) atoms. The van der Waals surface area contributed by atoms with Gasteiger partial charge in [-0.3, -0.25) is 0 Å². The minimum atomic E-state index is -3.45. The summed E-state index contributed by atoms with van der Waals surface area (Å²) in [6.45, 7) is 3.95. The van der Waals surface area contributed by atoms with E-state index in [1.54, 1.807) is 36.6 Å². The Morgan fingerprint density at radius 3 is 2.71 bits per heavy atom. The second-order valence-electron chi connectivity index (χ2n) is 4.82. The lowest BCUT2D eigenvalue weighted by atomic mass is 10.2. The molecule has 0 aliphatic carbocycles. The molecule has 4 nitrogen and oxygen atoms in total. The van der Waals surface area contributed by atoms with Crippen LogP contribution in [0.5, 0.6) is 0 Å². The Balaban J connectivity index is 2.18.